The molecule has 2 aromatic carbocycles. The van der Waals surface area contributed by atoms with E-state index in [-0.39, 0.29) is 30.9 Å². The van der Waals surface area contributed by atoms with E-state index in [2.05, 4.69) is 15.6 Å². The molecule has 1 atom stereocenters. The first-order valence-corrected chi connectivity index (χ1v) is 13.3. The molecule has 2 aromatic heterocycles. The summed E-state index contributed by atoms with van der Waals surface area (Å²) < 4.78 is 18.4. The molecule has 1 aliphatic rings. The number of aromatic nitrogens is 3. The maximum atomic E-state index is 14.0. The second-order valence-electron chi connectivity index (χ2n) is 9.57. The zero-order valence-corrected chi connectivity index (χ0v) is 22.2. The molecule has 0 radical (unpaired) electrons. The van der Waals surface area contributed by atoms with Crippen LogP contribution in [-0.4, -0.2) is 51.5 Å². The van der Waals surface area contributed by atoms with E-state index in [1.165, 1.54) is 4.90 Å². The van der Waals surface area contributed by atoms with Crippen LogP contribution in [0.5, 0.6) is 11.5 Å². The Kier molecular flexibility index (Phi) is 8.10. The van der Waals surface area contributed by atoms with Crippen LogP contribution in [0.15, 0.2) is 65.3 Å². The molecule has 2 heterocycles. The number of para-hydroxylation sites is 1. The molecule has 1 fully saturated rings. The number of furan rings is 1. The second kappa shape index (κ2) is 12.0. The molecule has 0 unspecified atom stereocenters. The Balaban J connectivity index is 1.54. The van der Waals surface area contributed by atoms with Crippen LogP contribution >= 0.6 is 0 Å². The van der Waals surface area contributed by atoms with E-state index in [4.69, 9.17) is 13.9 Å². The molecule has 10 nitrogen and oxygen atoms in total. The van der Waals surface area contributed by atoms with Crippen LogP contribution in [0, 0.1) is 0 Å². The van der Waals surface area contributed by atoms with Gasteiger partial charge in [0.05, 0.1) is 32.0 Å². The molecule has 10 heteroatoms. The summed E-state index contributed by atoms with van der Waals surface area (Å²) >= 11 is 0. The highest BCUT2D eigenvalue weighted by Gasteiger charge is 2.34. The maximum absolute atomic E-state index is 14.0. The predicted molar refractivity (Wildman–Crippen MR) is 144 cm³/mol. The van der Waals surface area contributed by atoms with E-state index in [1.54, 1.807) is 48.4 Å². The lowest BCUT2D eigenvalue weighted by molar-refractivity contribution is -0.142. The molecule has 1 N–H and O–H groups in total. The van der Waals surface area contributed by atoms with E-state index in [0.29, 0.717) is 34.9 Å². The lowest BCUT2D eigenvalue weighted by Gasteiger charge is -2.32. The molecule has 1 aliphatic carbocycles. The van der Waals surface area contributed by atoms with E-state index in [0.717, 1.165) is 31.2 Å². The van der Waals surface area contributed by atoms with Gasteiger partial charge in [0.2, 0.25) is 11.8 Å². The number of nitrogens with one attached hydrogen (secondary N) is 1. The fourth-order valence-electron chi connectivity index (χ4n) is 5.10. The van der Waals surface area contributed by atoms with Gasteiger partial charge in [-0.1, -0.05) is 36.3 Å². The maximum Gasteiger partial charge on any atom is 0.247 e. The first-order chi connectivity index (χ1) is 19.1. The highest BCUT2D eigenvalue weighted by Crippen LogP contribution is 2.34. The van der Waals surface area contributed by atoms with Gasteiger partial charge in [0.1, 0.15) is 23.9 Å². The number of hydrogen-bond donors (Lipinski definition) is 1. The molecule has 0 bridgehead atoms. The Morgan fingerprint density at radius 2 is 1.95 bits per heavy atom. The van der Waals surface area contributed by atoms with Crippen molar-refractivity contribution in [2.24, 2.45) is 0 Å². The van der Waals surface area contributed by atoms with Gasteiger partial charge < -0.3 is 24.1 Å². The van der Waals surface area contributed by atoms with E-state index in [1.807, 2.05) is 31.2 Å². The van der Waals surface area contributed by atoms with Crippen molar-refractivity contribution in [3.8, 4) is 11.5 Å². The lowest BCUT2D eigenvalue weighted by Crippen LogP contribution is -2.46. The van der Waals surface area contributed by atoms with Crippen LogP contribution in [0.4, 0.5) is 0 Å². The van der Waals surface area contributed by atoms with Gasteiger partial charge in [-0.3, -0.25) is 9.59 Å². The van der Waals surface area contributed by atoms with E-state index >= 15 is 0 Å². The molecule has 39 heavy (non-hydrogen) atoms. The summed E-state index contributed by atoms with van der Waals surface area (Å²) in [7, 11) is 1.55. The summed E-state index contributed by atoms with van der Waals surface area (Å²) in [5, 5.41) is 11.6. The van der Waals surface area contributed by atoms with Gasteiger partial charge in [0, 0.05) is 6.04 Å². The Bertz CT molecular complexity index is 1410. The molecule has 2 amide bonds. The van der Waals surface area contributed by atoms with Crippen molar-refractivity contribution in [3.05, 3.63) is 72.2 Å². The van der Waals surface area contributed by atoms with E-state index < -0.39 is 6.04 Å². The summed E-state index contributed by atoms with van der Waals surface area (Å²) in [6.07, 6.45) is 5.53. The summed E-state index contributed by atoms with van der Waals surface area (Å²) in [4.78, 5) is 29.5. The number of hydrogen-bond acceptors (Lipinski definition) is 7. The van der Waals surface area contributed by atoms with Gasteiger partial charge in [0.15, 0.2) is 11.5 Å². The van der Waals surface area contributed by atoms with Gasteiger partial charge in [-0.2, -0.15) is 0 Å². The van der Waals surface area contributed by atoms with Crippen molar-refractivity contribution in [1.29, 1.82) is 0 Å². The third-order valence-electron chi connectivity index (χ3n) is 7.00. The minimum atomic E-state index is -0.942. The van der Waals surface area contributed by atoms with Gasteiger partial charge in [-0.25, -0.2) is 4.68 Å². The van der Waals surface area contributed by atoms with Crippen LogP contribution in [0.25, 0.3) is 11.0 Å². The lowest BCUT2D eigenvalue weighted by atomic mass is 10.0. The van der Waals surface area contributed by atoms with Crippen LogP contribution in [0.1, 0.15) is 50.0 Å². The predicted octanol–water partition coefficient (Wildman–Crippen LogP) is 4.26. The molecular weight excluding hydrogens is 498 g/mol. The van der Waals surface area contributed by atoms with Gasteiger partial charge in [0.25, 0.3) is 0 Å². The number of nitrogens with zero attached hydrogens (tertiary/aromatic N) is 4. The smallest absolute Gasteiger partial charge is 0.247 e. The highest BCUT2D eigenvalue weighted by molar-refractivity contribution is 5.89. The standard InChI is InChI=1S/C29H33N5O5/c1-3-38-25-15-14-20(17-26(25)37-2)28(29(36)30-21-9-4-5-10-21)33(18-22-11-8-16-39-22)27(35)19-34-24-13-7-6-12-23(24)31-32-34/h6-8,11-17,21,28H,3-5,9-10,18-19H2,1-2H3,(H,30,36)/t28-/m0/s1. The number of rotatable bonds is 11. The third-order valence-corrected chi connectivity index (χ3v) is 7.00. The van der Waals surface area contributed by atoms with Crippen molar-refractivity contribution < 1.29 is 23.5 Å². The first kappa shape index (κ1) is 26.3. The number of fused-ring (bicyclic) bond motifs is 1. The summed E-state index contributed by atoms with van der Waals surface area (Å²) in [6, 6.07) is 15.5. The SMILES string of the molecule is CCOc1ccc([C@@H](C(=O)NC2CCCC2)N(Cc2ccco2)C(=O)Cn2nnc3ccccc32)cc1OC. The average Bonchev–Trinajstić information content (AvgIpc) is 3.73. The largest absolute Gasteiger partial charge is 0.493 e. The zero-order valence-electron chi connectivity index (χ0n) is 22.2. The third kappa shape index (κ3) is 5.89. The summed E-state index contributed by atoms with van der Waals surface area (Å²) in [6.45, 7) is 2.36. The molecule has 0 aliphatic heterocycles. The van der Waals surface area contributed by atoms with Crippen LogP contribution in [0.3, 0.4) is 0 Å². The Hall–Kier alpha value is -4.34. The minimum absolute atomic E-state index is 0.0735. The highest BCUT2D eigenvalue weighted by atomic mass is 16.5. The first-order valence-electron chi connectivity index (χ1n) is 13.3. The number of benzene rings is 2. The van der Waals surface area contributed by atoms with E-state index in [9.17, 15) is 9.59 Å². The van der Waals surface area contributed by atoms with Crippen LogP contribution < -0.4 is 14.8 Å². The van der Waals surface area contributed by atoms with Crippen molar-refractivity contribution in [2.45, 2.75) is 57.8 Å². The molecule has 4 aromatic rings. The Morgan fingerprint density at radius 1 is 1.13 bits per heavy atom. The normalized spacial score (nSPS) is 14.3. The summed E-state index contributed by atoms with van der Waals surface area (Å²) in [5.74, 6) is 1.05. The Morgan fingerprint density at radius 3 is 2.69 bits per heavy atom. The summed E-state index contributed by atoms with van der Waals surface area (Å²) in [5.41, 5.74) is 2.03. The molecular formula is C29H33N5O5. The number of carbonyl (C=O) groups excluding carboxylic acids is 2. The minimum Gasteiger partial charge on any atom is -0.493 e. The quantitative estimate of drug-likeness (QED) is 0.308. The second-order valence-corrected chi connectivity index (χ2v) is 9.57. The van der Waals surface area contributed by atoms with Crippen molar-refractivity contribution in [1.82, 2.24) is 25.2 Å². The van der Waals surface area contributed by atoms with Crippen molar-refractivity contribution in [2.75, 3.05) is 13.7 Å². The Labute approximate surface area is 226 Å². The van der Waals surface area contributed by atoms with Crippen molar-refractivity contribution in [3.63, 3.8) is 0 Å². The van der Waals surface area contributed by atoms with Gasteiger partial charge >= 0.3 is 0 Å². The number of amides is 2. The monoisotopic (exact) mass is 531 g/mol. The van der Waals surface area contributed by atoms with Crippen LogP contribution in [0.2, 0.25) is 0 Å². The van der Waals surface area contributed by atoms with Gasteiger partial charge in [-0.15, -0.1) is 5.10 Å². The van der Waals surface area contributed by atoms with Gasteiger partial charge in [-0.05, 0) is 61.7 Å². The number of carbonyl (C=O) groups is 2. The number of ether oxygens (including phenoxy) is 2. The molecule has 204 valence electrons. The molecule has 5 rings (SSSR count). The molecule has 0 saturated heterocycles. The van der Waals surface area contributed by atoms with Crippen LogP contribution in [-0.2, 0) is 22.7 Å². The number of methoxy groups -OCH3 is 1. The fraction of sp³-hybridized carbons (Fsp3) is 0.379. The topological polar surface area (TPSA) is 112 Å². The fourth-order valence-corrected chi connectivity index (χ4v) is 5.10. The molecule has 1 saturated carbocycles. The molecule has 0 spiro atoms. The average molecular weight is 532 g/mol. The van der Waals surface area contributed by atoms with Crippen molar-refractivity contribution >= 4 is 22.8 Å². The zero-order chi connectivity index (χ0) is 27.2.